The number of ketones is 1. The molecule has 0 aliphatic heterocycles. The highest BCUT2D eigenvalue weighted by Gasteiger charge is 2.22. The predicted molar refractivity (Wildman–Crippen MR) is 120 cm³/mol. The lowest BCUT2D eigenvalue weighted by Crippen LogP contribution is -2.20. The second-order valence-electron chi connectivity index (χ2n) is 6.64. The van der Waals surface area contributed by atoms with Crippen LogP contribution in [0.2, 0.25) is 5.02 Å². The fraction of sp³-hybridized carbons (Fsp3) is 0.0800. The van der Waals surface area contributed by atoms with Crippen LogP contribution in [0.4, 0.5) is 0 Å². The molecule has 1 atom stereocenters. The molecule has 0 saturated heterocycles. The van der Waals surface area contributed by atoms with Gasteiger partial charge in [0.15, 0.2) is 5.78 Å². The summed E-state index contributed by atoms with van der Waals surface area (Å²) in [6.07, 6.45) is 0.677. The van der Waals surface area contributed by atoms with Gasteiger partial charge in [-0.3, -0.25) is 4.79 Å². The fourth-order valence-corrected chi connectivity index (χ4v) is 4.69. The number of fused-ring (bicyclic) bond motifs is 1. The van der Waals surface area contributed by atoms with Crippen molar-refractivity contribution < 1.29 is 4.79 Å². The lowest BCUT2D eigenvalue weighted by molar-refractivity contribution is 0.0989. The van der Waals surface area contributed by atoms with E-state index in [2.05, 4.69) is 42.5 Å². The molecule has 0 spiro atoms. The van der Waals surface area contributed by atoms with E-state index in [9.17, 15) is 4.79 Å². The molecular weight excluding hydrogens is 384 g/mol. The molecule has 4 aromatic rings. The summed E-state index contributed by atoms with van der Waals surface area (Å²) in [4.78, 5) is 14.5. The van der Waals surface area contributed by atoms with Crippen LogP contribution in [0, 0.1) is 0 Å². The number of carbonyl (C=O) groups is 1. The van der Waals surface area contributed by atoms with Crippen molar-refractivity contribution in [3.8, 4) is 0 Å². The smallest absolute Gasteiger partial charge is 0.176 e. The summed E-state index contributed by atoms with van der Waals surface area (Å²) < 4.78 is 0. The lowest BCUT2D eigenvalue weighted by Gasteiger charge is -2.17. The molecule has 1 nitrogen and oxygen atoms in total. The first kappa shape index (κ1) is 18.8. The number of hydrogen-bond acceptors (Lipinski definition) is 2. The molecule has 3 heteroatoms. The zero-order valence-electron chi connectivity index (χ0n) is 15.2. The number of halogens is 1. The highest BCUT2D eigenvalue weighted by atomic mass is 35.5. The summed E-state index contributed by atoms with van der Waals surface area (Å²) in [5, 5.41) is 2.79. The molecule has 0 bridgehead atoms. The minimum absolute atomic E-state index is 0.124. The average Bonchev–Trinajstić information content (AvgIpc) is 2.74. The van der Waals surface area contributed by atoms with Gasteiger partial charge in [-0.25, -0.2) is 0 Å². The van der Waals surface area contributed by atoms with Gasteiger partial charge in [0.1, 0.15) is 0 Å². The molecule has 0 heterocycles. The molecule has 4 aromatic carbocycles. The molecule has 0 aromatic heterocycles. The van der Waals surface area contributed by atoms with E-state index in [1.807, 2.05) is 42.5 Å². The first-order valence-corrected chi connectivity index (χ1v) is 10.4. The fourth-order valence-electron chi connectivity index (χ4n) is 3.27. The molecule has 0 N–H and O–H groups in total. The zero-order valence-corrected chi connectivity index (χ0v) is 16.8. The van der Waals surface area contributed by atoms with Crippen molar-refractivity contribution in [1.82, 2.24) is 0 Å². The molecule has 0 aliphatic carbocycles. The summed E-state index contributed by atoms with van der Waals surface area (Å²) >= 11 is 7.64. The second-order valence-corrected chi connectivity index (χ2v) is 8.33. The summed E-state index contributed by atoms with van der Waals surface area (Å²) in [6, 6.07) is 31.9. The predicted octanol–water partition coefficient (Wildman–Crippen LogP) is 7.08. The largest absolute Gasteiger partial charge is 0.293 e. The van der Waals surface area contributed by atoms with Crippen molar-refractivity contribution in [1.29, 1.82) is 0 Å². The Bertz CT molecular complexity index is 1090. The average molecular weight is 403 g/mol. The van der Waals surface area contributed by atoms with Gasteiger partial charge in [0.05, 0.1) is 5.25 Å². The van der Waals surface area contributed by atoms with Crippen molar-refractivity contribution in [2.24, 2.45) is 0 Å². The molecule has 0 saturated carbocycles. The van der Waals surface area contributed by atoms with Crippen LogP contribution in [-0.4, -0.2) is 11.0 Å². The summed E-state index contributed by atoms with van der Waals surface area (Å²) in [5.74, 6) is 0.124. The Hall–Kier alpha value is -2.55. The molecular formula is C25H19ClOS. The van der Waals surface area contributed by atoms with E-state index in [0.29, 0.717) is 17.0 Å². The molecule has 0 aliphatic rings. The van der Waals surface area contributed by atoms with Gasteiger partial charge in [-0.2, -0.15) is 0 Å². The number of hydrogen-bond donors (Lipinski definition) is 0. The Balaban J connectivity index is 1.69. The van der Waals surface area contributed by atoms with E-state index < -0.39 is 0 Å². The van der Waals surface area contributed by atoms with Gasteiger partial charge in [0.25, 0.3) is 0 Å². The number of thioether (sulfide) groups is 1. The molecule has 0 fully saturated rings. The van der Waals surface area contributed by atoms with Crippen LogP contribution in [0.1, 0.15) is 15.9 Å². The van der Waals surface area contributed by atoms with E-state index in [-0.39, 0.29) is 11.0 Å². The first-order valence-electron chi connectivity index (χ1n) is 9.19. The third kappa shape index (κ3) is 4.30. The van der Waals surface area contributed by atoms with Crippen molar-refractivity contribution in [2.75, 3.05) is 0 Å². The van der Waals surface area contributed by atoms with Crippen LogP contribution < -0.4 is 0 Å². The molecule has 28 heavy (non-hydrogen) atoms. The van der Waals surface area contributed by atoms with Crippen LogP contribution in [0.15, 0.2) is 102 Å². The van der Waals surface area contributed by atoms with Crippen molar-refractivity contribution in [2.45, 2.75) is 16.6 Å². The molecule has 1 unspecified atom stereocenters. The standard InChI is InChI=1S/C25H19ClOS/c26-21-15-13-20(14-16-21)25(27)24(17-18-7-2-1-3-8-18)28-23-12-6-10-19-9-4-5-11-22(19)23/h1-16,24H,17H2. The number of rotatable bonds is 6. The number of Topliss-reactive ketones (excluding diaryl/α,β-unsaturated/α-hetero) is 1. The van der Waals surface area contributed by atoms with Gasteiger partial charge in [-0.15, -0.1) is 11.8 Å². The molecule has 0 radical (unpaired) electrons. The highest BCUT2D eigenvalue weighted by Crippen LogP contribution is 2.34. The monoisotopic (exact) mass is 402 g/mol. The van der Waals surface area contributed by atoms with Crippen molar-refractivity contribution >= 4 is 39.9 Å². The Labute approximate surface area is 174 Å². The molecule has 138 valence electrons. The third-order valence-corrected chi connectivity index (χ3v) is 6.23. The van der Waals surface area contributed by atoms with E-state index in [0.717, 1.165) is 10.5 Å². The van der Waals surface area contributed by atoms with Gasteiger partial charge in [0.2, 0.25) is 0 Å². The molecule has 0 amide bonds. The highest BCUT2D eigenvalue weighted by molar-refractivity contribution is 8.00. The van der Waals surface area contributed by atoms with E-state index in [4.69, 9.17) is 11.6 Å². The number of carbonyl (C=O) groups excluding carboxylic acids is 1. The van der Waals surface area contributed by atoms with Gasteiger partial charge in [-0.05, 0) is 53.1 Å². The van der Waals surface area contributed by atoms with Gasteiger partial charge < -0.3 is 0 Å². The summed E-state index contributed by atoms with van der Waals surface area (Å²) in [7, 11) is 0. The second kappa shape index (κ2) is 8.64. The normalized spacial score (nSPS) is 12.0. The third-order valence-electron chi connectivity index (χ3n) is 4.70. The van der Waals surface area contributed by atoms with E-state index in [1.54, 1.807) is 23.9 Å². The Kier molecular flexibility index (Phi) is 5.80. The van der Waals surface area contributed by atoms with Crippen molar-refractivity contribution in [3.05, 3.63) is 113 Å². The Morgan fingerprint density at radius 2 is 1.46 bits per heavy atom. The summed E-state index contributed by atoms with van der Waals surface area (Å²) in [6.45, 7) is 0. The SMILES string of the molecule is O=C(c1ccc(Cl)cc1)C(Cc1ccccc1)Sc1cccc2ccccc12. The summed E-state index contributed by atoms with van der Waals surface area (Å²) in [5.41, 5.74) is 1.85. The minimum atomic E-state index is -0.214. The van der Waals surface area contributed by atoms with Crippen molar-refractivity contribution in [3.63, 3.8) is 0 Å². The van der Waals surface area contributed by atoms with Crippen LogP contribution in [-0.2, 0) is 6.42 Å². The number of benzene rings is 4. The molecule has 4 rings (SSSR count). The van der Waals surface area contributed by atoms with Crippen LogP contribution in [0.5, 0.6) is 0 Å². The van der Waals surface area contributed by atoms with E-state index in [1.165, 1.54) is 10.8 Å². The van der Waals surface area contributed by atoms with Gasteiger partial charge in [0, 0.05) is 15.5 Å². The maximum atomic E-state index is 13.3. The van der Waals surface area contributed by atoms with Crippen LogP contribution >= 0.6 is 23.4 Å². The van der Waals surface area contributed by atoms with E-state index >= 15 is 0 Å². The lowest BCUT2D eigenvalue weighted by atomic mass is 10.0. The first-order chi connectivity index (χ1) is 13.7. The topological polar surface area (TPSA) is 17.1 Å². The maximum Gasteiger partial charge on any atom is 0.176 e. The van der Waals surface area contributed by atoms with Gasteiger partial charge in [-0.1, -0.05) is 78.3 Å². The van der Waals surface area contributed by atoms with Crippen LogP contribution in [0.25, 0.3) is 10.8 Å². The maximum absolute atomic E-state index is 13.3. The Morgan fingerprint density at radius 1 is 0.786 bits per heavy atom. The quantitative estimate of drug-likeness (QED) is 0.253. The minimum Gasteiger partial charge on any atom is -0.293 e. The zero-order chi connectivity index (χ0) is 19.3. The van der Waals surface area contributed by atoms with Crippen LogP contribution in [0.3, 0.4) is 0 Å². The Morgan fingerprint density at radius 3 is 2.25 bits per heavy atom. The van der Waals surface area contributed by atoms with Gasteiger partial charge >= 0.3 is 0 Å².